The van der Waals surface area contributed by atoms with E-state index in [-0.39, 0.29) is 17.5 Å². The lowest BCUT2D eigenvalue weighted by atomic mass is 9.99. The van der Waals surface area contributed by atoms with Crippen LogP contribution in [0.4, 0.5) is 0 Å². The highest BCUT2D eigenvalue weighted by molar-refractivity contribution is 7.89. The molecule has 8 nitrogen and oxygen atoms in total. The van der Waals surface area contributed by atoms with Gasteiger partial charge < -0.3 is 0 Å². The smallest absolute Gasteiger partial charge is 0.254 e. The molecule has 2 aromatic rings. The van der Waals surface area contributed by atoms with Crippen molar-refractivity contribution >= 4 is 10.0 Å². The number of hydrazine groups is 1. The van der Waals surface area contributed by atoms with Gasteiger partial charge in [-0.05, 0) is 17.7 Å². The first-order valence-electron chi connectivity index (χ1n) is 6.63. The van der Waals surface area contributed by atoms with Crippen LogP contribution in [0.3, 0.4) is 0 Å². The normalized spacial score (nSPS) is 19.2. The molecule has 3 rings (SSSR count). The third kappa shape index (κ3) is 2.59. The lowest BCUT2D eigenvalue weighted by molar-refractivity contribution is 0.395. The summed E-state index contributed by atoms with van der Waals surface area (Å²) < 4.78 is 27.4. The van der Waals surface area contributed by atoms with E-state index >= 15 is 0 Å². The zero-order valence-corrected chi connectivity index (χ0v) is 12.7. The Hall–Kier alpha value is -2.28. The predicted octanol–water partition coefficient (Wildman–Crippen LogP) is -0.0205. The minimum Gasteiger partial charge on any atom is -0.254 e. The highest BCUT2D eigenvalue weighted by Crippen LogP contribution is 2.24. The molecule has 1 fully saturated rings. The van der Waals surface area contributed by atoms with Gasteiger partial charge in [0.15, 0.2) is 0 Å². The van der Waals surface area contributed by atoms with Crippen molar-refractivity contribution in [1.82, 2.24) is 24.8 Å². The summed E-state index contributed by atoms with van der Waals surface area (Å²) in [6.45, 7) is 0.766. The molecule has 1 N–H and O–H groups in total. The molecule has 0 saturated carbocycles. The maximum absolute atomic E-state index is 12.4. The molecular weight excluding hydrogens is 304 g/mol. The van der Waals surface area contributed by atoms with Crippen molar-refractivity contribution in [3.8, 4) is 6.07 Å². The number of aryl methyl sites for hydroxylation is 1. The molecule has 0 radical (unpaired) electrons. The van der Waals surface area contributed by atoms with Gasteiger partial charge in [-0.15, -0.1) is 9.51 Å². The van der Waals surface area contributed by atoms with Gasteiger partial charge in [0.05, 0.1) is 17.8 Å². The fourth-order valence-electron chi connectivity index (χ4n) is 2.37. The summed E-state index contributed by atoms with van der Waals surface area (Å²) in [6.07, 6.45) is 1.36. The number of aromatic nitrogens is 3. The molecular formula is C13H14N6O2S. The van der Waals surface area contributed by atoms with Crippen LogP contribution in [0.25, 0.3) is 0 Å². The first-order valence-corrected chi connectivity index (χ1v) is 8.07. The number of nitrogens with zero attached hydrogens (tertiary/aromatic N) is 5. The zero-order valence-electron chi connectivity index (χ0n) is 11.8. The van der Waals surface area contributed by atoms with Gasteiger partial charge in [-0.25, -0.2) is 13.8 Å². The summed E-state index contributed by atoms with van der Waals surface area (Å²) in [6, 6.07) is 9.29. The molecule has 0 amide bonds. The largest absolute Gasteiger partial charge is 0.276 e. The molecule has 0 aliphatic carbocycles. The Morgan fingerprint density at radius 3 is 2.95 bits per heavy atom. The fourth-order valence-corrected chi connectivity index (χ4v) is 3.64. The van der Waals surface area contributed by atoms with Gasteiger partial charge in [0.25, 0.3) is 10.0 Å². The number of nitrogens with one attached hydrogen (secondary N) is 1. The molecule has 1 atom stereocenters. The van der Waals surface area contributed by atoms with Gasteiger partial charge in [-0.2, -0.15) is 5.26 Å². The lowest BCUT2D eigenvalue weighted by Crippen LogP contribution is -2.37. The molecule has 1 aromatic carbocycles. The van der Waals surface area contributed by atoms with E-state index in [0.29, 0.717) is 12.1 Å². The van der Waals surface area contributed by atoms with E-state index in [2.05, 4.69) is 21.8 Å². The van der Waals surface area contributed by atoms with Crippen molar-refractivity contribution in [2.45, 2.75) is 10.9 Å². The average molecular weight is 318 g/mol. The van der Waals surface area contributed by atoms with Crippen LogP contribution in [0, 0.1) is 11.3 Å². The minimum absolute atomic E-state index is 0.0141. The summed E-state index contributed by atoms with van der Waals surface area (Å²) in [4.78, 5) is 0. The van der Waals surface area contributed by atoms with Crippen LogP contribution >= 0.6 is 0 Å². The quantitative estimate of drug-likeness (QED) is 0.853. The monoisotopic (exact) mass is 318 g/mol. The third-order valence-corrected chi connectivity index (χ3v) is 5.10. The van der Waals surface area contributed by atoms with E-state index in [1.165, 1.54) is 15.3 Å². The third-order valence-electron chi connectivity index (χ3n) is 3.52. The van der Waals surface area contributed by atoms with Crippen LogP contribution < -0.4 is 5.43 Å². The molecule has 114 valence electrons. The van der Waals surface area contributed by atoms with Gasteiger partial charge >= 0.3 is 0 Å². The summed E-state index contributed by atoms with van der Waals surface area (Å²) in [5, 5.41) is 16.2. The maximum Gasteiger partial charge on any atom is 0.276 e. The second-order valence-electron chi connectivity index (χ2n) is 5.06. The van der Waals surface area contributed by atoms with Crippen molar-refractivity contribution in [2.75, 3.05) is 13.1 Å². The molecule has 1 unspecified atom stereocenters. The number of hydrogen-bond acceptors (Lipinski definition) is 6. The summed E-state index contributed by atoms with van der Waals surface area (Å²) >= 11 is 0. The van der Waals surface area contributed by atoms with Crippen LogP contribution in [0.1, 0.15) is 17.0 Å². The van der Waals surface area contributed by atoms with Gasteiger partial charge in [-0.1, -0.05) is 17.3 Å². The van der Waals surface area contributed by atoms with Crippen molar-refractivity contribution in [2.24, 2.45) is 7.05 Å². The summed E-state index contributed by atoms with van der Waals surface area (Å²) in [5.41, 5.74) is 4.37. The molecule has 0 bridgehead atoms. The molecule has 9 heteroatoms. The van der Waals surface area contributed by atoms with Crippen LogP contribution in [-0.4, -0.2) is 40.9 Å². The minimum atomic E-state index is -3.71. The van der Waals surface area contributed by atoms with Crippen LogP contribution in [0.5, 0.6) is 0 Å². The van der Waals surface area contributed by atoms with Crippen LogP contribution in [0.2, 0.25) is 0 Å². The Kier molecular flexibility index (Phi) is 3.66. The average Bonchev–Trinajstić information content (AvgIpc) is 3.16. The SMILES string of the molecule is Cn1cc(S(=O)(=O)N2CC(c3cccc(C#N)c3)CN2)nn1. The van der Waals surface area contributed by atoms with E-state index in [1.807, 2.05) is 6.07 Å². The number of sulfonamides is 1. The highest BCUT2D eigenvalue weighted by atomic mass is 32.2. The summed E-state index contributed by atoms with van der Waals surface area (Å²) in [7, 11) is -2.10. The molecule has 1 aliphatic heterocycles. The van der Waals surface area contributed by atoms with Crippen molar-refractivity contribution in [3.63, 3.8) is 0 Å². The number of benzene rings is 1. The van der Waals surface area contributed by atoms with Crippen molar-refractivity contribution < 1.29 is 8.42 Å². The first-order chi connectivity index (χ1) is 10.5. The number of rotatable bonds is 3. The van der Waals surface area contributed by atoms with Crippen LogP contribution in [-0.2, 0) is 17.1 Å². The second-order valence-corrected chi connectivity index (χ2v) is 6.87. The second kappa shape index (κ2) is 5.49. The molecule has 0 spiro atoms. The number of nitriles is 1. The fraction of sp³-hybridized carbons (Fsp3) is 0.308. The van der Waals surface area contributed by atoms with Gasteiger partial charge in [0, 0.05) is 26.1 Å². The molecule has 1 saturated heterocycles. The number of hydrogen-bond donors (Lipinski definition) is 1. The molecule has 2 heterocycles. The Balaban J connectivity index is 1.81. The van der Waals surface area contributed by atoms with Crippen LogP contribution in [0.15, 0.2) is 35.5 Å². The van der Waals surface area contributed by atoms with Gasteiger partial charge in [0.2, 0.25) is 5.03 Å². The Labute approximate surface area is 128 Å². The van der Waals surface area contributed by atoms with E-state index in [4.69, 9.17) is 5.26 Å². The molecule has 1 aromatic heterocycles. The topological polar surface area (TPSA) is 104 Å². The van der Waals surface area contributed by atoms with Crippen molar-refractivity contribution in [3.05, 3.63) is 41.6 Å². The Bertz CT molecular complexity index is 838. The molecule has 22 heavy (non-hydrogen) atoms. The first kappa shape index (κ1) is 14.6. The lowest BCUT2D eigenvalue weighted by Gasteiger charge is -2.14. The van der Waals surface area contributed by atoms with E-state index in [1.54, 1.807) is 25.2 Å². The van der Waals surface area contributed by atoms with E-state index in [0.717, 1.165) is 5.56 Å². The predicted molar refractivity (Wildman–Crippen MR) is 76.8 cm³/mol. The van der Waals surface area contributed by atoms with Gasteiger partial charge in [-0.3, -0.25) is 4.68 Å². The molecule has 1 aliphatic rings. The van der Waals surface area contributed by atoms with Crippen molar-refractivity contribution in [1.29, 1.82) is 5.26 Å². The van der Waals surface area contributed by atoms with E-state index < -0.39 is 10.0 Å². The maximum atomic E-state index is 12.4. The Morgan fingerprint density at radius 2 is 2.27 bits per heavy atom. The van der Waals surface area contributed by atoms with Gasteiger partial charge in [0.1, 0.15) is 0 Å². The highest BCUT2D eigenvalue weighted by Gasteiger charge is 2.34. The zero-order chi connectivity index (χ0) is 15.7. The standard InChI is InChI=1S/C13H14N6O2S/c1-18-9-13(16-17-18)22(20,21)19-8-12(7-15-19)11-4-2-3-10(5-11)6-14/h2-5,9,12,15H,7-8H2,1H3. The Morgan fingerprint density at radius 1 is 1.45 bits per heavy atom. The van der Waals surface area contributed by atoms with E-state index in [9.17, 15) is 8.42 Å². The summed E-state index contributed by atoms with van der Waals surface area (Å²) in [5.74, 6) is -0.0141.